The third kappa shape index (κ3) is 6.82. The lowest BCUT2D eigenvalue weighted by Gasteiger charge is -2.62. The van der Waals surface area contributed by atoms with Gasteiger partial charge in [0.25, 0.3) is 0 Å². The van der Waals surface area contributed by atoms with E-state index in [2.05, 4.69) is 69.2 Å². The zero-order chi connectivity index (χ0) is 38.2. The van der Waals surface area contributed by atoms with Gasteiger partial charge in [0, 0.05) is 0 Å². The summed E-state index contributed by atoms with van der Waals surface area (Å²) < 4.78 is 0. The van der Waals surface area contributed by atoms with E-state index in [1.807, 2.05) is 11.1 Å². The Morgan fingerprint density at radius 3 is 1.20 bits per heavy atom. The van der Waals surface area contributed by atoms with Gasteiger partial charge in [0.05, 0.1) is 0 Å². The van der Waals surface area contributed by atoms with E-state index in [1.54, 1.807) is 77.0 Å². The Labute approximate surface area is 337 Å². The summed E-state index contributed by atoms with van der Waals surface area (Å²) in [5.74, 6) is 13.8. The van der Waals surface area contributed by atoms with Crippen LogP contribution in [0.3, 0.4) is 0 Å². The molecule has 54 heavy (non-hydrogen) atoms. The van der Waals surface area contributed by atoms with Crippen LogP contribution in [0.5, 0.6) is 0 Å². The van der Waals surface area contributed by atoms with Crippen LogP contribution in [0.25, 0.3) is 0 Å². The normalized spacial score (nSPS) is 49.8. The molecule has 0 aromatic heterocycles. The van der Waals surface area contributed by atoms with E-state index in [0.29, 0.717) is 21.7 Å². The standard InChI is InChI=1S/C54H92/c1-35(2)13-11-15-37(5)45-21-23-47-43-19-17-41-33-39(25-29-51(41,7)49(43)27-31-53(45,47)9)40-26-30-52(8)42(34-40)18-20-44-48-24-22-46(38(6)16-12-14-36(3)4)54(48,10)32-28-50(44)52/h35-38,41-50H,11-34H2,1-10H3/t37-,38-,41?,42?,43+,44+,45-,46-,47+,48+,49+,50+,51+,52+,53-,54-/m1/s1. The van der Waals surface area contributed by atoms with Crippen molar-refractivity contribution in [1.82, 2.24) is 0 Å². The van der Waals surface area contributed by atoms with E-state index >= 15 is 0 Å². The molecule has 8 aliphatic carbocycles. The number of fused-ring (bicyclic) bond motifs is 10. The van der Waals surface area contributed by atoms with Gasteiger partial charge in [-0.05, 0) is 220 Å². The lowest BCUT2D eigenvalue weighted by atomic mass is 9.43. The third-order valence-corrected chi connectivity index (χ3v) is 21.9. The van der Waals surface area contributed by atoms with E-state index in [0.717, 1.165) is 82.9 Å². The smallest absolute Gasteiger partial charge is 0.0260 e. The van der Waals surface area contributed by atoms with Gasteiger partial charge in [0.2, 0.25) is 0 Å². The predicted molar refractivity (Wildman–Crippen MR) is 233 cm³/mol. The molecule has 308 valence electrons. The van der Waals surface area contributed by atoms with Gasteiger partial charge < -0.3 is 0 Å². The summed E-state index contributed by atoms with van der Waals surface area (Å²) >= 11 is 0. The van der Waals surface area contributed by atoms with E-state index in [4.69, 9.17) is 0 Å². The van der Waals surface area contributed by atoms with Crippen molar-refractivity contribution in [3.8, 4) is 0 Å². The zero-order valence-electron chi connectivity index (χ0n) is 38.1. The molecule has 0 nitrogen and oxygen atoms in total. The topological polar surface area (TPSA) is 0 Å². The molecule has 8 aliphatic rings. The van der Waals surface area contributed by atoms with Crippen molar-refractivity contribution in [3.63, 3.8) is 0 Å². The zero-order valence-corrected chi connectivity index (χ0v) is 38.1. The second-order valence-corrected chi connectivity index (χ2v) is 25.0. The molecule has 16 atom stereocenters. The molecule has 0 heterocycles. The Bertz CT molecular complexity index is 1230. The van der Waals surface area contributed by atoms with Crippen LogP contribution < -0.4 is 0 Å². The first kappa shape index (κ1) is 40.5. The molecule has 0 spiro atoms. The molecular weight excluding hydrogens is 649 g/mol. The van der Waals surface area contributed by atoms with Crippen LogP contribution in [0.15, 0.2) is 11.1 Å². The highest BCUT2D eigenvalue weighted by Gasteiger charge is 2.62. The van der Waals surface area contributed by atoms with Crippen LogP contribution in [0.1, 0.15) is 223 Å². The first-order chi connectivity index (χ1) is 25.7. The highest BCUT2D eigenvalue weighted by Crippen LogP contribution is 2.71. The largest absolute Gasteiger partial charge is 0.0707 e. The average Bonchev–Trinajstić information content (AvgIpc) is 3.67. The minimum absolute atomic E-state index is 0.621. The molecule has 8 fully saturated rings. The van der Waals surface area contributed by atoms with Crippen LogP contribution in [-0.4, -0.2) is 0 Å². The Morgan fingerprint density at radius 1 is 0.426 bits per heavy atom. The van der Waals surface area contributed by atoms with E-state index in [-0.39, 0.29) is 0 Å². The molecule has 0 N–H and O–H groups in total. The number of allylic oxidation sites excluding steroid dienone is 2. The van der Waals surface area contributed by atoms with E-state index < -0.39 is 0 Å². The Morgan fingerprint density at radius 2 is 0.815 bits per heavy atom. The van der Waals surface area contributed by atoms with Crippen LogP contribution >= 0.6 is 0 Å². The molecule has 0 aromatic carbocycles. The highest BCUT2D eigenvalue weighted by molar-refractivity contribution is 5.25. The van der Waals surface area contributed by atoms with Gasteiger partial charge in [-0.1, -0.05) is 119 Å². The van der Waals surface area contributed by atoms with Crippen molar-refractivity contribution >= 4 is 0 Å². The fraction of sp³-hybridized carbons (Fsp3) is 0.963. The second-order valence-electron chi connectivity index (χ2n) is 25.0. The molecule has 0 aliphatic heterocycles. The molecule has 0 amide bonds. The number of hydrogen-bond donors (Lipinski definition) is 0. The minimum Gasteiger partial charge on any atom is -0.0707 e. The highest BCUT2D eigenvalue weighted by atomic mass is 14.7. The summed E-state index contributed by atoms with van der Waals surface area (Å²) in [6, 6.07) is 0. The molecular formula is C54H92. The predicted octanol–water partition coefficient (Wildman–Crippen LogP) is 16.5. The summed E-state index contributed by atoms with van der Waals surface area (Å²) in [6.45, 7) is 26.3. The summed E-state index contributed by atoms with van der Waals surface area (Å²) in [7, 11) is 0. The Balaban J connectivity index is 0.893. The maximum absolute atomic E-state index is 2.84. The van der Waals surface area contributed by atoms with Gasteiger partial charge in [0.15, 0.2) is 0 Å². The second kappa shape index (κ2) is 15.4. The molecule has 0 aromatic rings. The molecule has 0 saturated heterocycles. The van der Waals surface area contributed by atoms with Gasteiger partial charge in [-0.25, -0.2) is 0 Å². The lowest BCUT2D eigenvalue weighted by molar-refractivity contribution is -0.112. The molecule has 0 heteroatoms. The van der Waals surface area contributed by atoms with Crippen molar-refractivity contribution in [2.45, 2.75) is 223 Å². The van der Waals surface area contributed by atoms with Crippen molar-refractivity contribution in [3.05, 3.63) is 11.1 Å². The van der Waals surface area contributed by atoms with E-state index in [1.165, 1.54) is 77.0 Å². The minimum atomic E-state index is 0.621. The first-order valence-electron chi connectivity index (χ1n) is 25.4. The van der Waals surface area contributed by atoms with Gasteiger partial charge in [-0.2, -0.15) is 0 Å². The van der Waals surface area contributed by atoms with Crippen molar-refractivity contribution in [1.29, 1.82) is 0 Å². The summed E-state index contributed by atoms with van der Waals surface area (Å²) in [4.78, 5) is 0. The summed E-state index contributed by atoms with van der Waals surface area (Å²) in [5, 5.41) is 0. The first-order valence-corrected chi connectivity index (χ1v) is 25.4. The molecule has 8 saturated carbocycles. The Hall–Kier alpha value is -0.260. The quantitative estimate of drug-likeness (QED) is 0.196. The Kier molecular flexibility index (Phi) is 11.6. The molecule has 8 rings (SSSR count). The van der Waals surface area contributed by atoms with Gasteiger partial charge in [0.1, 0.15) is 0 Å². The van der Waals surface area contributed by atoms with Crippen LogP contribution in [0.2, 0.25) is 0 Å². The summed E-state index contributed by atoms with van der Waals surface area (Å²) in [6.07, 6.45) is 36.4. The SMILES string of the molecule is CC(C)CCC[C@@H](C)[C@H]1CC[C@H]2[C@@H]3CCC4CC(=C5CC[C@@]6(C)C(CC[C@H]7[C@@H]8CC[C@H]([C@H](C)CCCC(C)C)[C@@]8(C)CC[C@@H]76)C5)CC[C@]4(C)[C@H]3CC[C@]12C. The third-order valence-electron chi connectivity index (χ3n) is 21.9. The van der Waals surface area contributed by atoms with Crippen LogP contribution in [0.4, 0.5) is 0 Å². The van der Waals surface area contributed by atoms with Crippen LogP contribution in [0, 0.1) is 105 Å². The van der Waals surface area contributed by atoms with Crippen molar-refractivity contribution in [2.75, 3.05) is 0 Å². The molecule has 0 bridgehead atoms. The van der Waals surface area contributed by atoms with E-state index in [9.17, 15) is 0 Å². The van der Waals surface area contributed by atoms with Crippen molar-refractivity contribution in [2.24, 2.45) is 105 Å². The fourth-order valence-electron chi connectivity index (χ4n) is 18.9. The van der Waals surface area contributed by atoms with Gasteiger partial charge in [-0.3, -0.25) is 0 Å². The van der Waals surface area contributed by atoms with Crippen molar-refractivity contribution < 1.29 is 0 Å². The lowest BCUT2D eigenvalue weighted by Crippen LogP contribution is -2.54. The maximum Gasteiger partial charge on any atom is -0.0260 e. The maximum atomic E-state index is 2.84. The molecule has 2 unspecified atom stereocenters. The summed E-state index contributed by atoms with van der Waals surface area (Å²) in [5.41, 5.74) is 6.54. The van der Waals surface area contributed by atoms with Crippen LogP contribution in [-0.2, 0) is 0 Å². The number of rotatable bonds is 10. The fourth-order valence-corrected chi connectivity index (χ4v) is 18.9. The monoisotopic (exact) mass is 741 g/mol. The molecule has 0 radical (unpaired) electrons. The number of hydrogen-bond acceptors (Lipinski definition) is 0. The average molecular weight is 741 g/mol. The van der Waals surface area contributed by atoms with Gasteiger partial charge in [-0.15, -0.1) is 0 Å². The van der Waals surface area contributed by atoms with Gasteiger partial charge >= 0.3 is 0 Å².